The molecule has 0 saturated carbocycles. The van der Waals surface area contributed by atoms with Gasteiger partial charge in [0, 0.05) is 27.8 Å². The van der Waals surface area contributed by atoms with Gasteiger partial charge in [-0.15, -0.1) is 11.3 Å². The highest BCUT2D eigenvalue weighted by Gasteiger charge is 2.18. The molecule has 0 bridgehead atoms. The zero-order chi connectivity index (χ0) is 26.1. The van der Waals surface area contributed by atoms with E-state index in [1.807, 2.05) is 18.2 Å². The summed E-state index contributed by atoms with van der Waals surface area (Å²) in [6.45, 7) is 0.280. The molecule has 4 aromatic carbocycles. The number of carbonyl (C=O) groups is 2. The van der Waals surface area contributed by atoms with E-state index in [-0.39, 0.29) is 18.0 Å². The molecular formula is C31H22N2O4S. The number of amides is 1. The highest BCUT2D eigenvalue weighted by atomic mass is 32.1. The second kappa shape index (κ2) is 9.95. The number of thiophene rings is 1. The molecule has 0 unspecified atom stereocenters. The lowest BCUT2D eigenvalue weighted by Gasteiger charge is -2.11. The van der Waals surface area contributed by atoms with Crippen molar-refractivity contribution in [1.82, 2.24) is 10.5 Å². The molecule has 1 amide bonds. The Kier molecular flexibility index (Phi) is 6.19. The number of fused-ring (bicyclic) bond motifs is 2. The van der Waals surface area contributed by atoms with Gasteiger partial charge in [0.2, 0.25) is 0 Å². The Morgan fingerprint density at radius 1 is 0.895 bits per heavy atom. The molecule has 0 aliphatic heterocycles. The van der Waals surface area contributed by atoms with Crippen LogP contribution in [0.25, 0.3) is 32.0 Å². The largest absolute Gasteiger partial charge is 0.478 e. The fraction of sp³-hybridized carbons (Fsp3) is 0.0645. The van der Waals surface area contributed by atoms with Crippen LogP contribution in [-0.2, 0) is 13.0 Å². The van der Waals surface area contributed by atoms with Crippen molar-refractivity contribution in [3.63, 3.8) is 0 Å². The van der Waals surface area contributed by atoms with Gasteiger partial charge >= 0.3 is 5.97 Å². The van der Waals surface area contributed by atoms with Crippen LogP contribution >= 0.6 is 11.3 Å². The quantitative estimate of drug-likeness (QED) is 0.239. The van der Waals surface area contributed by atoms with Crippen LogP contribution in [0, 0.1) is 0 Å². The Hall–Kier alpha value is -4.75. The maximum absolute atomic E-state index is 13.6. The van der Waals surface area contributed by atoms with Gasteiger partial charge in [0.05, 0.1) is 11.8 Å². The summed E-state index contributed by atoms with van der Waals surface area (Å²) in [7, 11) is 0. The zero-order valence-corrected chi connectivity index (χ0v) is 21.0. The molecule has 0 fully saturated rings. The molecule has 2 heterocycles. The zero-order valence-electron chi connectivity index (χ0n) is 20.2. The van der Waals surface area contributed by atoms with Crippen molar-refractivity contribution < 1.29 is 19.2 Å². The van der Waals surface area contributed by atoms with E-state index < -0.39 is 5.97 Å². The van der Waals surface area contributed by atoms with Gasteiger partial charge in [0.15, 0.2) is 0 Å². The fourth-order valence-electron chi connectivity index (χ4n) is 4.67. The maximum Gasteiger partial charge on any atom is 0.335 e. The second-order valence-electron chi connectivity index (χ2n) is 9.11. The molecular weight excluding hydrogens is 496 g/mol. The van der Waals surface area contributed by atoms with Crippen molar-refractivity contribution in [2.75, 3.05) is 0 Å². The van der Waals surface area contributed by atoms with Crippen LogP contribution in [-0.4, -0.2) is 22.1 Å². The molecule has 0 radical (unpaired) electrons. The number of carbonyl (C=O) groups excluding carboxylic acids is 1. The van der Waals surface area contributed by atoms with E-state index in [4.69, 9.17) is 9.63 Å². The third-order valence-electron chi connectivity index (χ3n) is 6.62. The summed E-state index contributed by atoms with van der Waals surface area (Å²) in [5.74, 6) is -1.18. The number of carboxylic acids is 1. The highest BCUT2D eigenvalue weighted by molar-refractivity contribution is 7.17. The number of rotatable bonds is 7. The van der Waals surface area contributed by atoms with Crippen molar-refractivity contribution in [3.05, 3.63) is 125 Å². The summed E-state index contributed by atoms with van der Waals surface area (Å²) in [6, 6.07) is 25.2. The topological polar surface area (TPSA) is 92.4 Å². The minimum atomic E-state index is -0.982. The first-order valence-electron chi connectivity index (χ1n) is 12.1. The molecule has 0 saturated heterocycles. The van der Waals surface area contributed by atoms with Crippen LogP contribution in [0.4, 0.5) is 0 Å². The van der Waals surface area contributed by atoms with Crippen molar-refractivity contribution in [1.29, 1.82) is 0 Å². The average molecular weight is 519 g/mol. The Bertz CT molecular complexity index is 1790. The molecule has 2 N–H and O–H groups in total. The number of aromatic nitrogens is 1. The maximum atomic E-state index is 13.6. The molecule has 6 nitrogen and oxygen atoms in total. The summed E-state index contributed by atoms with van der Waals surface area (Å²) < 4.78 is 6.05. The normalized spacial score (nSPS) is 11.2. The monoisotopic (exact) mass is 518 g/mol. The first kappa shape index (κ1) is 23.6. The summed E-state index contributed by atoms with van der Waals surface area (Å²) in [6.07, 6.45) is 3.90. The SMILES string of the molecule is O=C(O)c1ccc(CNC(=O)c2cc(-c3cnoc3)cc3scc(Cc4ccc5ccccc5c4)c23)cc1. The van der Waals surface area contributed by atoms with Gasteiger partial charge in [0.25, 0.3) is 5.91 Å². The number of aromatic carboxylic acids is 1. The van der Waals surface area contributed by atoms with Crippen molar-refractivity contribution in [2.45, 2.75) is 13.0 Å². The molecule has 0 aliphatic rings. The van der Waals surface area contributed by atoms with E-state index in [0.29, 0.717) is 12.0 Å². The van der Waals surface area contributed by atoms with Crippen molar-refractivity contribution in [2.24, 2.45) is 0 Å². The van der Waals surface area contributed by atoms with Crippen LogP contribution in [0.15, 0.2) is 101 Å². The van der Waals surface area contributed by atoms with E-state index in [2.05, 4.69) is 52.3 Å². The molecule has 0 aliphatic carbocycles. The van der Waals surface area contributed by atoms with Gasteiger partial charge in [-0.1, -0.05) is 59.8 Å². The van der Waals surface area contributed by atoms with E-state index in [9.17, 15) is 9.59 Å². The molecule has 6 aromatic rings. The lowest BCUT2D eigenvalue weighted by molar-refractivity contribution is 0.0696. The molecule has 2 aromatic heterocycles. The van der Waals surface area contributed by atoms with Crippen LogP contribution in [0.5, 0.6) is 0 Å². The summed E-state index contributed by atoms with van der Waals surface area (Å²) in [5, 5.41) is 21.4. The van der Waals surface area contributed by atoms with Gasteiger partial charge in [0.1, 0.15) is 6.26 Å². The summed E-state index contributed by atoms with van der Waals surface area (Å²) in [4.78, 5) is 24.7. The van der Waals surface area contributed by atoms with Gasteiger partial charge in [-0.25, -0.2) is 4.79 Å². The summed E-state index contributed by atoms with van der Waals surface area (Å²) >= 11 is 1.61. The lowest BCUT2D eigenvalue weighted by Crippen LogP contribution is -2.23. The minimum absolute atomic E-state index is 0.200. The predicted molar refractivity (Wildman–Crippen MR) is 149 cm³/mol. The van der Waals surface area contributed by atoms with Crippen LogP contribution in [0.1, 0.15) is 37.4 Å². The van der Waals surface area contributed by atoms with Crippen LogP contribution in [0.3, 0.4) is 0 Å². The molecule has 7 heteroatoms. The third-order valence-corrected chi connectivity index (χ3v) is 7.60. The number of nitrogens with one attached hydrogen (secondary N) is 1. The first-order valence-corrected chi connectivity index (χ1v) is 12.9. The Labute approximate surface area is 222 Å². The highest BCUT2D eigenvalue weighted by Crippen LogP contribution is 2.35. The molecule has 38 heavy (non-hydrogen) atoms. The standard InChI is InChI=1S/C31H22N2O4S/c34-30(32-15-19-5-9-22(10-6-19)31(35)36)27-13-24(26-16-33-37-17-26)14-28-29(27)25(18-38-28)12-20-7-8-21-3-1-2-4-23(21)11-20/h1-11,13-14,16-18H,12,15H2,(H,32,34)(H,35,36). The molecule has 6 rings (SSSR count). The Balaban J connectivity index is 1.35. The predicted octanol–water partition coefficient (Wildman–Crippen LogP) is 6.93. The first-order chi connectivity index (χ1) is 18.5. The van der Waals surface area contributed by atoms with E-state index in [0.717, 1.165) is 32.3 Å². The van der Waals surface area contributed by atoms with E-state index in [1.165, 1.54) is 28.5 Å². The lowest BCUT2D eigenvalue weighted by atomic mass is 9.96. The number of carboxylic acid groups (broad SMARTS) is 1. The van der Waals surface area contributed by atoms with Gasteiger partial charge in [-0.2, -0.15) is 0 Å². The molecule has 186 valence electrons. The van der Waals surface area contributed by atoms with Crippen LogP contribution in [0.2, 0.25) is 0 Å². The van der Waals surface area contributed by atoms with Crippen molar-refractivity contribution in [3.8, 4) is 11.1 Å². The van der Waals surface area contributed by atoms with Crippen molar-refractivity contribution >= 4 is 44.1 Å². The number of hydrogen-bond acceptors (Lipinski definition) is 5. The van der Waals surface area contributed by atoms with E-state index >= 15 is 0 Å². The number of benzene rings is 4. The fourth-order valence-corrected chi connectivity index (χ4v) is 5.69. The smallest absolute Gasteiger partial charge is 0.335 e. The number of hydrogen-bond donors (Lipinski definition) is 2. The third kappa shape index (κ3) is 4.67. The average Bonchev–Trinajstić information content (AvgIpc) is 3.62. The Morgan fingerprint density at radius 3 is 2.45 bits per heavy atom. The van der Waals surface area contributed by atoms with Gasteiger partial charge in [-0.3, -0.25) is 4.79 Å². The van der Waals surface area contributed by atoms with E-state index in [1.54, 1.807) is 35.9 Å². The minimum Gasteiger partial charge on any atom is -0.478 e. The Morgan fingerprint density at radius 2 is 1.68 bits per heavy atom. The van der Waals surface area contributed by atoms with Crippen LogP contribution < -0.4 is 5.32 Å². The molecule has 0 atom stereocenters. The molecule has 0 spiro atoms. The van der Waals surface area contributed by atoms with Gasteiger partial charge < -0.3 is 14.9 Å². The second-order valence-corrected chi connectivity index (χ2v) is 10.0. The summed E-state index contributed by atoms with van der Waals surface area (Å²) in [5.41, 5.74) is 5.53. The van der Waals surface area contributed by atoms with Gasteiger partial charge in [-0.05, 0) is 69.1 Å². The number of nitrogens with zero attached hydrogens (tertiary/aromatic N) is 1.